The number of rotatable bonds is 4. The molecule has 22 heavy (non-hydrogen) atoms. The Morgan fingerprint density at radius 1 is 0.682 bits per heavy atom. The first-order valence-corrected chi connectivity index (χ1v) is 5.87. The zero-order valence-corrected chi connectivity index (χ0v) is 12.0. The molecular weight excluding hydrogens is 470 g/mol. The van der Waals surface area contributed by atoms with Gasteiger partial charge in [0, 0.05) is 22.6 Å². The monoisotopic (exact) mass is 474 g/mol. The molecule has 14 heteroatoms. The Kier molecular flexibility index (Phi) is 5.38. The molecule has 0 amide bonds. The summed E-state index contributed by atoms with van der Waals surface area (Å²) in [5, 5.41) is 0. The van der Waals surface area contributed by atoms with Crippen molar-refractivity contribution in [3.63, 3.8) is 0 Å². The second kappa shape index (κ2) is 5.43. The minimum absolute atomic E-state index is 0.590. The highest BCUT2D eigenvalue weighted by atomic mass is 127. The lowest BCUT2D eigenvalue weighted by Crippen LogP contribution is -2.75. The van der Waals surface area contributed by atoms with E-state index in [1.807, 2.05) is 0 Å². The van der Waals surface area contributed by atoms with Crippen LogP contribution in [0.25, 0.3) is 0 Å². The van der Waals surface area contributed by atoms with Crippen LogP contribution in [0.1, 0.15) is 6.92 Å². The van der Waals surface area contributed by atoms with E-state index >= 15 is 0 Å². The van der Waals surface area contributed by atoms with Crippen molar-refractivity contribution in [3.05, 3.63) is 0 Å². The van der Waals surface area contributed by atoms with Crippen molar-refractivity contribution in [1.82, 2.24) is 0 Å². The lowest BCUT2D eigenvalue weighted by Gasteiger charge is -2.47. The third-order valence-electron chi connectivity index (χ3n) is 2.68. The van der Waals surface area contributed by atoms with Crippen molar-refractivity contribution in [1.29, 1.82) is 0 Å². The minimum Gasteiger partial charge on any atom is -0.241 e. The van der Waals surface area contributed by atoms with Gasteiger partial charge in [-0.2, -0.15) is 43.9 Å². The minimum atomic E-state index is -7.65. The molecule has 0 N–H and O–H groups in total. The summed E-state index contributed by atoms with van der Waals surface area (Å²) in [7, 11) is 0. The van der Waals surface area contributed by atoms with E-state index < -0.39 is 69.2 Å². The van der Waals surface area contributed by atoms with Gasteiger partial charge in [-0.15, -0.1) is 0 Å². The molecule has 1 atom stereocenters. The highest BCUT2D eigenvalue weighted by Gasteiger charge is 2.96. The van der Waals surface area contributed by atoms with E-state index in [2.05, 4.69) is 0 Å². The van der Waals surface area contributed by atoms with E-state index in [-0.39, 0.29) is 0 Å². The highest BCUT2D eigenvalue weighted by Crippen LogP contribution is 2.70. The molecule has 0 unspecified atom stereocenters. The highest BCUT2D eigenvalue weighted by molar-refractivity contribution is 14.1. The lowest BCUT2D eigenvalue weighted by molar-refractivity contribution is -0.472. The first-order chi connectivity index (χ1) is 9.19. The van der Waals surface area contributed by atoms with Crippen molar-refractivity contribution in [3.8, 4) is 0 Å². The van der Waals surface area contributed by atoms with Crippen molar-refractivity contribution in [2.75, 3.05) is 0 Å². The Hall–Kier alpha value is -0.180. The molecule has 0 aromatic rings. The van der Waals surface area contributed by atoms with Gasteiger partial charge in [-0.1, -0.05) is 0 Å². The van der Waals surface area contributed by atoms with Gasteiger partial charge < -0.3 is 0 Å². The van der Waals surface area contributed by atoms with Gasteiger partial charge in [0.1, 0.15) is 0 Å². The van der Waals surface area contributed by atoms with Crippen LogP contribution in [0.3, 0.4) is 0 Å². The molecule has 0 rings (SSSR count). The number of halogens is 14. The summed E-state index contributed by atoms with van der Waals surface area (Å²) < 4.78 is 160. The SMILES string of the molecule is C[C@H](F)C(F)(F)C(C(F)(F)F)(C(F)(F)F)C(F)(F)C(F)(F)I. The largest absolute Gasteiger partial charge is 0.415 e. The Balaban J connectivity index is 7.11. The van der Waals surface area contributed by atoms with Gasteiger partial charge in [0.25, 0.3) is 5.41 Å². The topological polar surface area (TPSA) is 0 Å². The zero-order chi connectivity index (χ0) is 18.6. The van der Waals surface area contributed by atoms with Gasteiger partial charge in [0.2, 0.25) is 0 Å². The molecule has 0 aromatic carbocycles. The maximum atomic E-state index is 13.3. The second-order valence-corrected chi connectivity index (χ2v) is 5.41. The van der Waals surface area contributed by atoms with E-state index in [0.717, 1.165) is 0 Å². The smallest absolute Gasteiger partial charge is 0.241 e. The number of hydrogen-bond donors (Lipinski definition) is 0. The molecule has 0 saturated carbocycles. The van der Waals surface area contributed by atoms with Gasteiger partial charge in [-0.3, -0.25) is 0 Å². The molecule has 0 spiro atoms. The van der Waals surface area contributed by atoms with Crippen LogP contribution < -0.4 is 0 Å². The van der Waals surface area contributed by atoms with E-state index in [1.54, 1.807) is 0 Å². The summed E-state index contributed by atoms with van der Waals surface area (Å²) in [6.07, 6.45) is -19.7. The fourth-order valence-corrected chi connectivity index (χ4v) is 2.02. The molecule has 0 bridgehead atoms. The summed E-state index contributed by atoms with van der Waals surface area (Å²) >= 11 is -0.851. The second-order valence-electron chi connectivity index (χ2n) is 4.06. The van der Waals surface area contributed by atoms with Gasteiger partial charge in [0.05, 0.1) is 0 Å². The van der Waals surface area contributed by atoms with E-state index in [4.69, 9.17) is 0 Å². The Morgan fingerprint density at radius 3 is 1.09 bits per heavy atom. The van der Waals surface area contributed by atoms with Crippen molar-refractivity contribution in [2.24, 2.45) is 5.41 Å². The Morgan fingerprint density at radius 2 is 0.955 bits per heavy atom. The van der Waals surface area contributed by atoms with Gasteiger partial charge in [-0.05, 0) is 6.92 Å². The van der Waals surface area contributed by atoms with Crippen LogP contribution in [0.15, 0.2) is 0 Å². The first kappa shape index (κ1) is 21.8. The van der Waals surface area contributed by atoms with Crippen LogP contribution in [0.4, 0.5) is 57.1 Å². The number of hydrogen-bond acceptors (Lipinski definition) is 0. The normalized spacial score (nSPS) is 17.6. The third kappa shape index (κ3) is 2.72. The molecule has 0 saturated heterocycles. The molecule has 0 heterocycles. The maximum absolute atomic E-state index is 13.3. The van der Waals surface area contributed by atoms with Crippen LogP contribution >= 0.6 is 22.6 Å². The molecule has 134 valence electrons. The van der Waals surface area contributed by atoms with Gasteiger partial charge in [-0.25, -0.2) is 13.2 Å². The molecule has 0 aliphatic rings. The van der Waals surface area contributed by atoms with E-state index in [1.165, 1.54) is 0 Å². The van der Waals surface area contributed by atoms with Crippen molar-refractivity contribution in [2.45, 2.75) is 41.2 Å². The third-order valence-corrected chi connectivity index (χ3v) is 3.35. The molecule has 0 aliphatic heterocycles. The summed E-state index contributed by atoms with van der Waals surface area (Å²) in [5.74, 6) is -14.3. The molecule has 0 nitrogen and oxygen atoms in total. The first-order valence-electron chi connectivity index (χ1n) is 4.79. The summed E-state index contributed by atoms with van der Waals surface area (Å²) in [4.78, 5) is 0. The molecule has 0 radical (unpaired) electrons. The zero-order valence-electron chi connectivity index (χ0n) is 9.87. The Bertz CT molecular complexity index is 384. The summed E-state index contributed by atoms with van der Waals surface area (Å²) in [5.41, 5.74) is -7.63. The average molecular weight is 474 g/mol. The van der Waals surface area contributed by atoms with E-state index in [0.29, 0.717) is 0 Å². The van der Waals surface area contributed by atoms with Crippen LogP contribution in [0, 0.1) is 5.41 Å². The maximum Gasteiger partial charge on any atom is 0.415 e. The van der Waals surface area contributed by atoms with Crippen LogP contribution in [-0.2, 0) is 0 Å². The molecule has 0 aromatic heterocycles. The van der Waals surface area contributed by atoms with Crippen molar-refractivity contribution < 1.29 is 57.1 Å². The molecule has 0 fully saturated rings. The van der Waals surface area contributed by atoms with Gasteiger partial charge >= 0.3 is 28.1 Å². The summed E-state index contributed by atoms with van der Waals surface area (Å²) in [6.45, 7) is -0.590. The predicted octanol–water partition coefficient (Wildman–Crippen LogP) is 5.75. The standard InChI is InChI=1S/C8H4F13I/c1-2(9)3(10,11)4(6(14,15)16,7(17,18)19)5(12,13)8(20,21)22/h2H,1H3/t2-/m0/s1. The average Bonchev–Trinajstić information content (AvgIpc) is 2.08. The van der Waals surface area contributed by atoms with E-state index in [9.17, 15) is 57.1 Å². The molecule has 0 aliphatic carbocycles. The fraction of sp³-hybridized carbons (Fsp3) is 1.00. The predicted molar refractivity (Wildman–Crippen MR) is 54.0 cm³/mol. The summed E-state index contributed by atoms with van der Waals surface area (Å²) in [6, 6.07) is 0. The molecular formula is C8H4F13I. The van der Waals surface area contributed by atoms with Crippen LogP contribution in [0.5, 0.6) is 0 Å². The van der Waals surface area contributed by atoms with Gasteiger partial charge in [0.15, 0.2) is 6.17 Å². The lowest BCUT2D eigenvalue weighted by atomic mass is 9.71. The quantitative estimate of drug-likeness (QED) is 0.277. The Labute approximate surface area is 127 Å². The van der Waals surface area contributed by atoms with Crippen molar-refractivity contribution >= 4 is 22.6 Å². The fourth-order valence-electron chi connectivity index (χ4n) is 1.61. The van der Waals surface area contributed by atoms with Crippen LogP contribution in [0.2, 0.25) is 0 Å². The number of alkyl halides is 14. The van der Waals surface area contributed by atoms with Crippen LogP contribution in [-0.4, -0.2) is 34.3 Å².